The van der Waals surface area contributed by atoms with E-state index in [0.29, 0.717) is 15.6 Å². The molecule has 2 amide bonds. The average Bonchev–Trinajstić information content (AvgIpc) is 2.24. The number of hydrogen-bond donors (Lipinski definition) is 2. The fraction of sp³-hybridized carbons (Fsp3) is 0.273. The van der Waals surface area contributed by atoms with Crippen LogP contribution in [0.15, 0.2) is 18.2 Å². The first kappa shape index (κ1) is 12.2. The minimum absolute atomic E-state index is 0.110. The highest BCUT2D eigenvalue weighted by molar-refractivity contribution is 6.36. The molecule has 0 aromatic heterocycles. The fourth-order valence-corrected chi connectivity index (χ4v) is 2.05. The van der Waals surface area contributed by atoms with Gasteiger partial charge < -0.3 is 10.6 Å². The molecule has 2 rings (SSSR count). The Kier molecular flexibility index (Phi) is 3.54. The molecule has 6 heteroatoms. The molecule has 0 radical (unpaired) electrons. The summed E-state index contributed by atoms with van der Waals surface area (Å²) in [7, 11) is 0. The van der Waals surface area contributed by atoms with Crippen molar-refractivity contribution >= 4 is 35.0 Å². The molecule has 0 spiro atoms. The zero-order chi connectivity index (χ0) is 12.4. The van der Waals surface area contributed by atoms with Crippen molar-refractivity contribution in [1.29, 1.82) is 0 Å². The van der Waals surface area contributed by atoms with E-state index in [4.69, 9.17) is 23.2 Å². The molecule has 2 N–H and O–H groups in total. The number of nitrogens with one attached hydrogen (secondary N) is 2. The van der Waals surface area contributed by atoms with Gasteiger partial charge in [0.15, 0.2) is 0 Å². The summed E-state index contributed by atoms with van der Waals surface area (Å²) in [5, 5.41) is 6.19. The zero-order valence-electron chi connectivity index (χ0n) is 8.80. The molecule has 0 bridgehead atoms. The van der Waals surface area contributed by atoms with Gasteiger partial charge in [-0.15, -0.1) is 0 Å². The average molecular weight is 273 g/mol. The molecule has 1 atom stereocenters. The maximum atomic E-state index is 11.6. The van der Waals surface area contributed by atoms with Crippen molar-refractivity contribution in [3.05, 3.63) is 33.8 Å². The van der Waals surface area contributed by atoms with E-state index in [2.05, 4.69) is 10.6 Å². The standard InChI is InChI=1S/C11H10Cl2N2O2/c12-7-2-1-3-8(13)6(7)5-14-11(17)9-4-10(16)15-9/h1-3,9H,4-5H2,(H,14,17)(H,15,16). The van der Waals surface area contributed by atoms with E-state index in [1.165, 1.54) is 0 Å². The third-order valence-corrected chi connectivity index (χ3v) is 3.25. The Morgan fingerprint density at radius 2 is 2.00 bits per heavy atom. The minimum Gasteiger partial charge on any atom is -0.350 e. The molecule has 1 aromatic carbocycles. The van der Waals surface area contributed by atoms with Crippen molar-refractivity contribution in [2.24, 2.45) is 0 Å². The number of hydrogen-bond acceptors (Lipinski definition) is 2. The van der Waals surface area contributed by atoms with Crippen LogP contribution in [0.5, 0.6) is 0 Å². The fourth-order valence-electron chi connectivity index (χ4n) is 1.52. The molecule has 0 saturated carbocycles. The van der Waals surface area contributed by atoms with Gasteiger partial charge in [-0.2, -0.15) is 0 Å². The van der Waals surface area contributed by atoms with Gasteiger partial charge in [0.05, 0.1) is 6.42 Å². The van der Waals surface area contributed by atoms with E-state index in [1.807, 2.05) is 0 Å². The first-order valence-electron chi connectivity index (χ1n) is 5.08. The number of rotatable bonds is 3. The molecule has 1 saturated heterocycles. The number of halogens is 2. The molecular formula is C11H10Cl2N2O2. The summed E-state index contributed by atoms with van der Waals surface area (Å²) >= 11 is 11.9. The summed E-state index contributed by atoms with van der Waals surface area (Å²) < 4.78 is 0. The highest BCUT2D eigenvalue weighted by Gasteiger charge is 2.31. The summed E-state index contributed by atoms with van der Waals surface area (Å²) in [6, 6.07) is 4.73. The summed E-state index contributed by atoms with van der Waals surface area (Å²) in [6.45, 7) is 0.254. The predicted molar refractivity (Wildman–Crippen MR) is 64.9 cm³/mol. The van der Waals surface area contributed by atoms with Crippen molar-refractivity contribution in [2.45, 2.75) is 19.0 Å². The molecule has 1 aromatic rings. The van der Waals surface area contributed by atoms with Crippen molar-refractivity contribution in [1.82, 2.24) is 10.6 Å². The van der Waals surface area contributed by atoms with E-state index in [1.54, 1.807) is 18.2 Å². The Hall–Kier alpha value is -1.26. The van der Waals surface area contributed by atoms with Gasteiger partial charge in [0.2, 0.25) is 11.8 Å². The highest BCUT2D eigenvalue weighted by Crippen LogP contribution is 2.23. The second-order valence-corrected chi connectivity index (χ2v) is 4.56. The molecular weight excluding hydrogens is 263 g/mol. The Morgan fingerprint density at radius 3 is 2.53 bits per heavy atom. The van der Waals surface area contributed by atoms with Gasteiger partial charge in [-0.05, 0) is 12.1 Å². The monoisotopic (exact) mass is 272 g/mol. The van der Waals surface area contributed by atoms with E-state index in [9.17, 15) is 9.59 Å². The van der Waals surface area contributed by atoms with Gasteiger partial charge in [-0.1, -0.05) is 29.3 Å². The summed E-state index contributed by atoms with van der Waals surface area (Å²) in [5.41, 5.74) is 0.676. The van der Waals surface area contributed by atoms with Gasteiger partial charge in [0, 0.05) is 22.2 Å². The molecule has 0 aliphatic carbocycles. The number of benzene rings is 1. The maximum absolute atomic E-state index is 11.6. The van der Waals surface area contributed by atoms with Crippen LogP contribution in [0.2, 0.25) is 10.0 Å². The number of carbonyl (C=O) groups excluding carboxylic acids is 2. The number of amides is 2. The van der Waals surface area contributed by atoms with Crippen molar-refractivity contribution < 1.29 is 9.59 Å². The highest BCUT2D eigenvalue weighted by atomic mass is 35.5. The number of carbonyl (C=O) groups is 2. The predicted octanol–water partition coefficient (Wildman–Crippen LogP) is 1.50. The van der Waals surface area contributed by atoms with Crippen LogP contribution in [0.25, 0.3) is 0 Å². The van der Waals surface area contributed by atoms with Gasteiger partial charge in [-0.3, -0.25) is 9.59 Å². The Bertz CT molecular complexity index is 448. The Labute approximate surface area is 108 Å². The van der Waals surface area contributed by atoms with Crippen molar-refractivity contribution in [3.63, 3.8) is 0 Å². The quantitative estimate of drug-likeness (QED) is 0.820. The third kappa shape index (κ3) is 2.70. The first-order chi connectivity index (χ1) is 8.08. The van der Waals surface area contributed by atoms with E-state index < -0.39 is 6.04 Å². The van der Waals surface area contributed by atoms with Crippen LogP contribution in [0, 0.1) is 0 Å². The SMILES string of the molecule is O=C1CC(C(=O)NCc2c(Cl)cccc2Cl)N1. The first-order valence-corrected chi connectivity index (χ1v) is 5.83. The Morgan fingerprint density at radius 1 is 1.41 bits per heavy atom. The summed E-state index contributed by atoms with van der Waals surface area (Å²) in [5.74, 6) is -0.332. The molecule has 90 valence electrons. The van der Waals surface area contributed by atoms with Crippen LogP contribution >= 0.6 is 23.2 Å². The van der Waals surface area contributed by atoms with Gasteiger partial charge in [-0.25, -0.2) is 0 Å². The van der Waals surface area contributed by atoms with Crippen molar-refractivity contribution in [2.75, 3.05) is 0 Å². The zero-order valence-corrected chi connectivity index (χ0v) is 10.3. The van der Waals surface area contributed by atoms with Crippen LogP contribution < -0.4 is 10.6 Å². The van der Waals surface area contributed by atoms with E-state index in [-0.39, 0.29) is 24.8 Å². The summed E-state index contributed by atoms with van der Waals surface area (Å²) in [6.07, 6.45) is 0.238. The van der Waals surface area contributed by atoms with Gasteiger partial charge in [0.25, 0.3) is 0 Å². The van der Waals surface area contributed by atoms with Crippen LogP contribution in [-0.2, 0) is 16.1 Å². The van der Waals surface area contributed by atoms with E-state index in [0.717, 1.165) is 0 Å². The second-order valence-electron chi connectivity index (χ2n) is 3.74. The molecule has 1 heterocycles. The van der Waals surface area contributed by atoms with Crippen LogP contribution in [0.3, 0.4) is 0 Å². The molecule has 17 heavy (non-hydrogen) atoms. The van der Waals surface area contributed by atoms with E-state index >= 15 is 0 Å². The van der Waals surface area contributed by atoms with Crippen LogP contribution in [0.1, 0.15) is 12.0 Å². The Balaban J connectivity index is 1.93. The van der Waals surface area contributed by atoms with Crippen LogP contribution in [-0.4, -0.2) is 17.9 Å². The summed E-state index contributed by atoms with van der Waals surface area (Å²) in [4.78, 5) is 22.2. The topological polar surface area (TPSA) is 58.2 Å². The van der Waals surface area contributed by atoms with Crippen LogP contribution in [0.4, 0.5) is 0 Å². The molecule has 1 aliphatic rings. The molecule has 1 unspecified atom stereocenters. The third-order valence-electron chi connectivity index (χ3n) is 2.54. The number of β-lactam (4-membered cyclic amide) rings is 1. The molecule has 4 nitrogen and oxygen atoms in total. The second kappa shape index (κ2) is 4.94. The lowest BCUT2D eigenvalue weighted by Gasteiger charge is -2.25. The van der Waals surface area contributed by atoms with Gasteiger partial charge in [0.1, 0.15) is 6.04 Å². The lowest BCUT2D eigenvalue weighted by Crippen LogP contribution is -2.56. The molecule has 1 aliphatic heterocycles. The minimum atomic E-state index is -0.427. The van der Waals surface area contributed by atoms with Gasteiger partial charge >= 0.3 is 0 Å². The normalized spacial score (nSPS) is 18.2. The largest absolute Gasteiger partial charge is 0.350 e. The lowest BCUT2D eigenvalue weighted by molar-refractivity contribution is -0.137. The molecule has 1 fully saturated rings. The van der Waals surface area contributed by atoms with Crippen molar-refractivity contribution in [3.8, 4) is 0 Å². The maximum Gasteiger partial charge on any atom is 0.243 e. The smallest absolute Gasteiger partial charge is 0.243 e. The lowest BCUT2D eigenvalue weighted by atomic mass is 10.1.